The van der Waals surface area contributed by atoms with Gasteiger partial charge in [0.15, 0.2) is 11.8 Å². The lowest BCUT2D eigenvalue weighted by molar-refractivity contribution is 0.794. The van der Waals surface area contributed by atoms with Crippen molar-refractivity contribution in [3.05, 3.63) is 66.2 Å². The molecule has 0 atom stereocenters. The SMILES string of the molecule is CN=C(NCc1cccc(-c2ncn[nH]2)c1)NCc1ccccn1.I. The van der Waals surface area contributed by atoms with Crippen LogP contribution in [0.15, 0.2) is 60.0 Å². The van der Waals surface area contributed by atoms with E-state index in [0.29, 0.717) is 13.1 Å². The number of hydrogen-bond acceptors (Lipinski definition) is 4. The summed E-state index contributed by atoms with van der Waals surface area (Å²) in [5, 5.41) is 13.3. The number of hydrogen-bond donors (Lipinski definition) is 3. The molecule has 0 unspecified atom stereocenters. The highest BCUT2D eigenvalue weighted by Gasteiger charge is 2.03. The van der Waals surface area contributed by atoms with Gasteiger partial charge in [-0.15, -0.1) is 24.0 Å². The predicted molar refractivity (Wildman–Crippen MR) is 109 cm³/mol. The highest BCUT2D eigenvalue weighted by Crippen LogP contribution is 2.15. The van der Waals surface area contributed by atoms with Crippen molar-refractivity contribution in [2.24, 2.45) is 4.99 Å². The average molecular weight is 449 g/mol. The van der Waals surface area contributed by atoms with Crippen LogP contribution in [0.4, 0.5) is 0 Å². The van der Waals surface area contributed by atoms with Crippen LogP contribution in [0.3, 0.4) is 0 Å². The van der Waals surface area contributed by atoms with Gasteiger partial charge in [0.05, 0.1) is 12.2 Å². The Morgan fingerprint density at radius 1 is 1.08 bits per heavy atom. The molecule has 3 rings (SSSR count). The van der Waals surface area contributed by atoms with Gasteiger partial charge >= 0.3 is 0 Å². The third-order valence-electron chi connectivity index (χ3n) is 3.46. The van der Waals surface area contributed by atoms with Gasteiger partial charge in [-0.1, -0.05) is 24.3 Å². The van der Waals surface area contributed by atoms with E-state index >= 15 is 0 Å². The average Bonchev–Trinajstić information content (AvgIpc) is 3.18. The molecule has 7 nitrogen and oxygen atoms in total. The predicted octanol–water partition coefficient (Wildman–Crippen LogP) is 2.35. The van der Waals surface area contributed by atoms with E-state index in [1.54, 1.807) is 13.2 Å². The second kappa shape index (κ2) is 9.72. The lowest BCUT2D eigenvalue weighted by Gasteiger charge is -2.12. The van der Waals surface area contributed by atoms with Gasteiger partial charge in [-0.25, -0.2) is 4.98 Å². The van der Waals surface area contributed by atoms with E-state index in [1.807, 2.05) is 30.3 Å². The minimum Gasteiger partial charge on any atom is -0.352 e. The Hall–Kier alpha value is -2.49. The van der Waals surface area contributed by atoms with Crippen LogP contribution >= 0.6 is 24.0 Å². The van der Waals surface area contributed by atoms with Crippen molar-refractivity contribution in [2.45, 2.75) is 13.1 Å². The molecule has 0 aliphatic heterocycles. The number of nitrogens with zero attached hydrogens (tertiary/aromatic N) is 4. The summed E-state index contributed by atoms with van der Waals surface area (Å²) in [6.07, 6.45) is 3.28. The van der Waals surface area contributed by atoms with E-state index in [2.05, 4.69) is 47.9 Å². The van der Waals surface area contributed by atoms with Gasteiger partial charge in [0, 0.05) is 25.4 Å². The molecule has 8 heteroatoms. The van der Waals surface area contributed by atoms with Gasteiger partial charge < -0.3 is 10.6 Å². The van der Waals surface area contributed by atoms with E-state index < -0.39 is 0 Å². The molecule has 0 spiro atoms. The summed E-state index contributed by atoms with van der Waals surface area (Å²) in [4.78, 5) is 12.7. The fourth-order valence-corrected chi connectivity index (χ4v) is 2.26. The molecular formula is C17H20IN7. The van der Waals surface area contributed by atoms with E-state index in [4.69, 9.17) is 0 Å². The third kappa shape index (κ3) is 5.52. The summed E-state index contributed by atoms with van der Waals surface area (Å²) in [7, 11) is 1.75. The maximum Gasteiger partial charge on any atom is 0.191 e. The zero-order valence-corrected chi connectivity index (χ0v) is 16.1. The number of nitrogens with one attached hydrogen (secondary N) is 3. The number of halogens is 1. The molecule has 0 saturated heterocycles. The second-order valence-electron chi connectivity index (χ2n) is 5.13. The zero-order valence-electron chi connectivity index (χ0n) is 13.8. The lowest BCUT2D eigenvalue weighted by atomic mass is 10.1. The number of rotatable bonds is 5. The molecule has 2 aromatic heterocycles. The molecule has 3 N–H and O–H groups in total. The third-order valence-corrected chi connectivity index (χ3v) is 3.46. The summed E-state index contributed by atoms with van der Waals surface area (Å²) in [6.45, 7) is 1.28. The molecule has 0 bridgehead atoms. The maximum absolute atomic E-state index is 4.28. The Kier molecular flexibility index (Phi) is 7.33. The molecule has 0 aliphatic carbocycles. The van der Waals surface area contributed by atoms with E-state index in [1.165, 1.54) is 6.33 Å². The molecule has 3 aromatic rings. The van der Waals surface area contributed by atoms with Crippen molar-refractivity contribution >= 4 is 29.9 Å². The van der Waals surface area contributed by atoms with E-state index in [9.17, 15) is 0 Å². The fraction of sp³-hybridized carbons (Fsp3) is 0.176. The summed E-state index contributed by atoms with van der Waals surface area (Å²) in [5.41, 5.74) is 3.10. The van der Waals surface area contributed by atoms with Gasteiger partial charge in [0.2, 0.25) is 0 Å². The highest BCUT2D eigenvalue weighted by molar-refractivity contribution is 14.0. The number of aromatic amines is 1. The Bertz CT molecular complexity index is 788. The molecule has 0 fully saturated rings. The van der Waals surface area contributed by atoms with Crippen molar-refractivity contribution < 1.29 is 0 Å². The van der Waals surface area contributed by atoms with Crippen LogP contribution < -0.4 is 10.6 Å². The summed E-state index contributed by atoms with van der Waals surface area (Å²) < 4.78 is 0. The molecule has 25 heavy (non-hydrogen) atoms. The molecule has 0 saturated carbocycles. The Labute approximate surface area is 163 Å². The first-order chi connectivity index (χ1) is 11.8. The molecule has 0 amide bonds. The van der Waals surface area contributed by atoms with Crippen LogP contribution in [-0.4, -0.2) is 33.2 Å². The number of benzene rings is 1. The van der Waals surface area contributed by atoms with Gasteiger partial charge in [-0.05, 0) is 23.8 Å². The minimum atomic E-state index is 0. The zero-order chi connectivity index (χ0) is 16.6. The number of aromatic nitrogens is 4. The van der Waals surface area contributed by atoms with Crippen LogP contribution in [0.5, 0.6) is 0 Å². The number of pyridine rings is 1. The molecule has 1 aromatic carbocycles. The van der Waals surface area contributed by atoms with Crippen molar-refractivity contribution in [3.8, 4) is 11.4 Å². The number of aliphatic imine (C=N–C) groups is 1. The molecule has 0 aliphatic rings. The first-order valence-electron chi connectivity index (χ1n) is 7.64. The quantitative estimate of drug-likeness (QED) is 0.316. The van der Waals surface area contributed by atoms with Crippen LogP contribution in [0.1, 0.15) is 11.3 Å². The number of guanidine groups is 1. The largest absolute Gasteiger partial charge is 0.352 e. The van der Waals surface area contributed by atoms with Crippen molar-refractivity contribution in [3.63, 3.8) is 0 Å². The summed E-state index contributed by atoms with van der Waals surface area (Å²) >= 11 is 0. The Morgan fingerprint density at radius 2 is 1.96 bits per heavy atom. The molecular weight excluding hydrogens is 429 g/mol. The minimum absolute atomic E-state index is 0. The van der Waals surface area contributed by atoms with Crippen LogP contribution in [0.25, 0.3) is 11.4 Å². The fourth-order valence-electron chi connectivity index (χ4n) is 2.26. The molecule has 130 valence electrons. The van der Waals surface area contributed by atoms with Crippen molar-refractivity contribution in [2.75, 3.05) is 7.05 Å². The van der Waals surface area contributed by atoms with E-state index in [0.717, 1.165) is 28.6 Å². The van der Waals surface area contributed by atoms with E-state index in [-0.39, 0.29) is 24.0 Å². The standard InChI is InChI=1S/C17H19N7.HI/c1-18-17(21-11-15-7-2-3-8-19-15)20-10-13-5-4-6-14(9-13)16-22-12-23-24-16;/h2-9,12H,10-11H2,1H3,(H2,18,20,21)(H,22,23,24);1H. The first kappa shape index (κ1) is 18.8. The Balaban J connectivity index is 0.00000225. The normalized spacial score (nSPS) is 10.8. The van der Waals surface area contributed by atoms with Gasteiger partial charge in [0.1, 0.15) is 6.33 Å². The number of H-pyrrole nitrogens is 1. The van der Waals surface area contributed by atoms with Gasteiger partial charge in [-0.3, -0.25) is 15.1 Å². The van der Waals surface area contributed by atoms with Gasteiger partial charge in [-0.2, -0.15) is 5.10 Å². The topological polar surface area (TPSA) is 90.9 Å². The van der Waals surface area contributed by atoms with Crippen molar-refractivity contribution in [1.29, 1.82) is 0 Å². The smallest absolute Gasteiger partial charge is 0.191 e. The van der Waals surface area contributed by atoms with Gasteiger partial charge in [0.25, 0.3) is 0 Å². The van der Waals surface area contributed by atoms with Crippen LogP contribution in [0, 0.1) is 0 Å². The molecule has 0 radical (unpaired) electrons. The van der Waals surface area contributed by atoms with Crippen LogP contribution in [0.2, 0.25) is 0 Å². The lowest BCUT2D eigenvalue weighted by Crippen LogP contribution is -2.36. The Morgan fingerprint density at radius 3 is 2.68 bits per heavy atom. The summed E-state index contributed by atoms with van der Waals surface area (Å²) in [5.74, 6) is 1.49. The molecule has 2 heterocycles. The second-order valence-corrected chi connectivity index (χ2v) is 5.13. The first-order valence-corrected chi connectivity index (χ1v) is 7.64. The van der Waals surface area contributed by atoms with Crippen molar-refractivity contribution in [1.82, 2.24) is 30.8 Å². The summed E-state index contributed by atoms with van der Waals surface area (Å²) in [6, 6.07) is 14.0. The highest BCUT2D eigenvalue weighted by atomic mass is 127. The maximum atomic E-state index is 4.28. The monoisotopic (exact) mass is 449 g/mol. The van der Waals surface area contributed by atoms with Crippen LogP contribution in [-0.2, 0) is 13.1 Å².